The molecule has 33 heavy (non-hydrogen) atoms. The Morgan fingerprint density at radius 1 is 1.15 bits per heavy atom. The third-order valence-corrected chi connectivity index (χ3v) is 6.35. The summed E-state index contributed by atoms with van der Waals surface area (Å²) in [7, 11) is 0. The van der Waals surface area contributed by atoms with E-state index >= 15 is 0 Å². The maximum absolute atomic E-state index is 6.00. The molecule has 2 aliphatic heterocycles. The van der Waals surface area contributed by atoms with Gasteiger partial charge in [-0.25, -0.2) is 9.97 Å². The van der Waals surface area contributed by atoms with E-state index in [9.17, 15) is 0 Å². The molecule has 1 aromatic carbocycles. The van der Waals surface area contributed by atoms with Crippen LogP contribution in [0.4, 0.5) is 11.6 Å². The number of anilines is 2. The van der Waals surface area contributed by atoms with Crippen molar-refractivity contribution < 1.29 is 9.47 Å². The highest BCUT2D eigenvalue weighted by Crippen LogP contribution is 2.36. The first-order valence-corrected chi connectivity index (χ1v) is 11.9. The fourth-order valence-corrected chi connectivity index (χ4v) is 4.73. The second kappa shape index (κ2) is 9.75. The molecule has 2 aromatic heterocycles. The van der Waals surface area contributed by atoms with E-state index in [2.05, 4.69) is 39.2 Å². The number of piperidine rings is 1. The van der Waals surface area contributed by atoms with Gasteiger partial charge in [0.05, 0.1) is 18.5 Å². The number of hydrogen-bond acceptors (Lipinski definition) is 7. The van der Waals surface area contributed by atoms with Gasteiger partial charge in [-0.05, 0) is 64.0 Å². The second-order valence-corrected chi connectivity index (χ2v) is 8.85. The van der Waals surface area contributed by atoms with E-state index in [0.29, 0.717) is 12.5 Å². The molecule has 4 heterocycles. The molecule has 1 fully saturated rings. The van der Waals surface area contributed by atoms with Gasteiger partial charge in [0, 0.05) is 42.4 Å². The second-order valence-electron chi connectivity index (χ2n) is 8.85. The predicted molar refractivity (Wildman–Crippen MR) is 128 cm³/mol. The van der Waals surface area contributed by atoms with E-state index in [4.69, 9.17) is 14.5 Å². The average Bonchev–Trinajstić information content (AvgIpc) is 3.19. The van der Waals surface area contributed by atoms with E-state index in [0.717, 1.165) is 67.7 Å². The fraction of sp³-hybridized carbons (Fsp3) is 0.423. The first-order chi connectivity index (χ1) is 16.2. The molecule has 1 unspecified atom stereocenters. The zero-order valence-corrected chi connectivity index (χ0v) is 19.3. The Morgan fingerprint density at radius 2 is 2.03 bits per heavy atom. The lowest BCUT2D eigenvalue weighted by atomic mass is 9.93. The maximum atomic E-state index is 6.00. The molecule has 5 rings (SSSR count). The summed E-state index contributed by atoms with van der Waals surface area (Å²) in [5.41, 5.74) is 3.51. The minimum atomic E-state index is 0.240. The van der Waals surface area contributed by atoms with Gasteiger partial charge in [-0.1, -0.05) is 6.07 Å². The lowest BCUT2D eigenvalue weighted by molar-refractivity contribution is 0.199. The number of hydrogen-bond donors (Lipinski definition) is 1. The number of pyridine rings is 1. The molecule has 7 nitrogen and oxygen atoms in total. The first kappa shape index (κ1) is 21.6. The molecule has 2 aliphatic rings. The van der Waals surface area contributed by atoms with Crippen LogP contribution in [0.1, 0.15) is 49.4 Å². The van der Waals surface area contributed by atoms with Crippen molar-refractivity contribution in [2.24, 2.45) is 0 Å². The topological polar surface area (TPSA) is 72.4 Å². The lowest BCUT2D eigenvalue weighted by Gasteiger charge is -2.32. The standard InChI is InChI=1S/C26H31N5O2/c1-3-32-23-13-20-12-18(2)33-24(20)14-21(23)17-31-10-7-19(8-11-31)22-15-27-16-26(29-22)30-25-6-4-5-9-28-25/h4-6,9,13-16,18-19H,3,7-8,10-12,17H2,1-2H3,(H,28,29,30). The number of nitrogens with zero attached hydrogens (tertiary/aromatic N) is 4. The normalized spacial score (nSPS) is 18.5. The molecule has 0 saturated carbocycles. The van der Waals surface area contributed by atoms with Gasteiger partial charge in [-0.3, -0.25) is 9.88 Å². The molecule has 7 heteroatoms. The van der Waals surface area contributed by atoms with Crippen molar-refractivity contribution in [3.05, 3.63) is 65.7 Å². The van der Waals surface area contributed by atoms with Crippen molar-refractivity contribution in [2.45, 2.75) is 51.7 Å². The van der Waals surface area contributed by atoms with Gasteiger partial charge in [-0.2, -0.15) is 0 Å². The van der Waals surface area contributed by atoms with Gasteiger partial charge in [0.2, 0.25) is 0 Å². The highest BCUT2D eigenvalue weighted by molar-refractivity contribution is 5.50. The van der Waals surface area contributed by atoms with Crippen molar-refractivity contribution >= 4 is 11.6 Å². The van der Waals surface area contributed by atoms with Crippen LogP contribution < -0.4 is 14.8 Å². The van der Waals surface area contributed by atoms with Crippen molar-refractivity contribution in [3.8, 4) is 11.5 Å². The number of benzene rings is 1. The van der Waals surface area contributed by atoms with Gasteiger partial charge < -0.3 is 14.8 Å². The van der Waals surface area contributed by atoms with Crippen LogP contribution in [-0.4, -0.2) is 45.7 Å². The monoisotopic (exact) mass is 445 g/mol. The number of likely N-dealkylation sites (tertiary alicyclic amines) is 1. The van der Waals surface area contributed by atoms with Crippen LogP contribution in [0.3, 0.4) is 0 Å². The van der Waals surface area contributed by atoms with Crippen LogP contribution >= 0.6 is 0 Å². The Bertz CT molecular complexity index is 1080. The molecule has 1 atom stereocenters. The van der Waals surface area contributed by atoms with Crippen molar-refractivity contribution in [1.82, 2.24) is 19.9 Å². The van der Waals surface area contributed by atoms with E-state index < -0.39 is 0 Å². The third-order valence-electron chi connectivity index (χ3n) is 6.35. The van der Waals surface area contributed by atoms with Crippen molar-refractivity contribution in [2.75, 3.05) is 25.0 Å². The summed E-state index contributed by atoms with van der Waals surface area (Å²) in [6.45, 7) is 7.74. The van der Waals surface area contributed by atoms with Crippen LogP contribution in [0.5, 0.6) is 11.5 Å². The molecule has 3 aromatic rings. The van der Waals surface area contributed by atoms with Gasteiger partial charge in [0.1, 0.15) is 29.2 Å². The molecule has 0 radical (unpaired) electrons. The Hall–Kier alpha value is -3.19. The van der Waals surface area contributed by atoms with Crippen LogP contribution in [0, 0.1) is 0 Å². The summed E-state index contributed by atoms with van der Waals surface area (Å²) < 4.78 is 12.0. The van der Waals surface area contributed by atoms with Crippen LogP contribution in [-0.2, 0) is 13.0 Å². The van der Waals surface area contributed by atoms with E-state index in [-0.39, 0.29) is 6.10 Å². The Morgan fingerprint density at radius 3 is 2.82 bits per heavy atom. The van der Waals surface area contributed by atoms with Gasteiger partial charge in [0.25, 0.3) is 0 Å². The van der Waals surface area contributed by atoms with Crippen molar-refractivity contribution in [3.63, 3.8) is 0 Å². The highest BCUT2D eigenvalue weighted by atomic mass is 16.5. The number of fused-ring (bicyclic) bond motifs is 1. The smallest absolute Gasteiger partial charge is 0.150 e. The molecule has 0 amide bonds. The largest absolute Gasteiger partial charge is 0.494 e. The predicted octanol–water partition coefficient (Wildman–Crippen LogP) is 4.72. The van der Waals surface area contributed by atoms with Crippen LogP contribution in [0.25, 0.3) is 0 Å². The van der Waals surface area contributed by atoms with Crippen LogP contribution in [0.2, 0.25) is 0 Å². The minimum absolute atomic E-state index is 0.240. The third kappa shape index (κ3) is 5.09. The van der Waals surface area contributed by atoms with E-state index in [1.165, 1.54) is 11.1 Å². The summed E-state index contributed by atoms with van der Waals surface area (Å²) in [5.74, 6) is 3.94. The average molecular weight is 446 g/mol. The summed E-state index contributed by atoms with van der Waals surface area (Å²) in [4.78, 5) is 16.0. The van der Waals surface area contributed by atoms with E-state index in [1.54, 1.807) is 12.4 Å². The van der Waals surface area contributed by atoms with E-state index in [1.807, 2.05) is 31.3 Å². The minimum Gasteiger partial charge on any atom is -0.494 e. The number of aromatic nitrogens is 3. The van der Waals surface area contributed by atoms with Gasteiger partial charge >= 0.3 is 0 Å². The Kier molecular flexibility index (Phi) is 6.39. The molecular weight excluding hydrogens is 414 g/mol. The zero-order valence-electron chi connectivity index (χ0n) is 19.3. The van der Waals surface area contributed by atoms with Crippen molar-refractivity contribution in [1.29, 1.82) is 0 Å². The quantitative estimate of drug-likeness (QED) is 0.564. The first-order valence-electron chi connectivity index (χ1n) is 11.9. The van der Waals surface area contributed by atoms with Crippen LogP contribution in [0.15, 0.2) is 48.9 Å². The molecule has 1 N–H and O–H groups in total. The Labute approximate surface area is 195 Å². The fourth-order valence-electron chi connectivity index (χ4n) is 4.73. The maximum Gasteiger partial charge on any atom is 0.150 e. The SMILES string of the molecule is CCOc1cc2c(cc1CN1CCC(c3cncc(Nc4ccccn4)n3)CC1)OC(C)C2. The summed E-state index contributed by atoms with van der Waals surface area (Å²) >= 11 is 0. The molecular formula is C26H31N5O2. The van der Waals surface area contributed by atoms with Gasteiger partial charge in [0.15, 0.2) is 0 Å². The number of nitrogens with one attached hydrogen (secondary N) is 1. The molecule has 1 saturated heterocycles. The highest BCUT2D eigenvalue weighted by Gasteiger charge is 2.25. The molecule has 0 bridgehead atoms. The summed E-state index contributed by atoms with van der Waals surface area (Å²) in [5, 5.41) is 3.25. The summed E-state index contributed by atoms with van der Waals surface area (Å²) in [6.07, 6.45) is 8.73. The zero-order chi connectivity index (χ0) is 22.6. The molecule has 172 valence electrons. The van der Waals surface area contributed by atoms with Gasteiger partial charge in [-0.15, -0.1) is 0 Å². The summed E-state index contributed by atoms with van der Waals surface area (Å²) in [6, 6.07) is 10.1. The lowest BCUT2D eigenvalue weighted by Crippen LogP contribution is -2.33. The number of rotatable bonds is 7. The molecule has 0 aliphatic carbocycles. The Balaban J connectivity index is 1.22. The number of ether oxygens (including phenoxy) is 2. The molecule has 0 spiro atoms.